The summed E-state index contributed by atoms with van der Waals surface area (Å²) < 4.78 is 1.74. The van der Waals surface area contributed by atoms with E-state index in [-0.39, 0.29) is 11.5 Å². The third-order valence-corrected chi connectivity index (χ3v) is 3.76. The van der Waals surface area contributed by atoms with Crippen LogP contribution in [0.2, 0.25) is 0 Å². The average Bonchev–Trinajstić information content (AvgIpc) is 2.97. The topological polar surface area (TPSA) is 83.2 Å². The standard InChI is InChI=1S/C14H14N4O2S/c1-8-5-13(18(2)17-8)16-14-15-11(7-21-14)10-4-3-9(19)6-12(10)20/h3-7,19-20H,1-2H3,(H,15,16). The third-order valence-electron chi connectivity index (χ3n) is 3.00. The van der Waals surface area contributed by atoms with Crippen LogP contribution in [0.4, 0.5) is 10.9 Å². The monoisotopic (exact) mass is 302 g/mol. The van der Waals surface area contributed by atoms with Crippen molar-refractivity contribution in [1.82, 2.24) is 14.8 Å². The van der Waals surface area contributed by atoms with Gasteiger partial charge in [-0.05, 0) is 19.1 Å². The predicted molar refractivity (Wildman–Crippen MR) is 82.1 cm³/mol. The highest BCUT2D eigenvalue weighted by atomic mass is 32.1. The molecule has 0 aliphatic rings. The molecule has 2 aromatic heterocycles. The van der Waals surface area contributed by atoms with E-state index in [1.165, 1.54) is 23.5 Å². The molecule has 0 aliphatic carbocycles. The SMILES string of the molecule is Cc1cc(Nc2nc(-c3ccc(O)cc3O)cs2)n(C)n1. The first kappa shape index (κ1) is 13.4. The molecule has 0 radical (unpaired) electrons. The van der Waals surface area contributed by atoms with Crippen LogP contribution < -0.4 is 5.32 Å². The molecule has 108 valence electrons. The predicted octanol–water partition coefficient (Wildman–Crippen LogP) is 3.01. The second-order valence-corrected chi connectivity index (χ2v) is 5.52. The quantitative estimate of drug-likeness (QED) is 0.692. The van der Waals surface area contributed by atoms with E-state index in [1.807, 2.05) is 25.4 Å². The average molecular weight is 302 g/mol. The smallest absolute Gasteiger partial charge is 0.188 e. The van der Waals surface area contributed by atoms with Gasteiger partial charge < -0.3 is 15.5 Å². The van der Waals surface area contributed by atoms with Gasteiger partial charge in [-0.15, -0.1) is 11.3 Å². The van der Waals surface area contributed by atoms with E-state index < -0.39 is 0 Å². The number of rotatable bonds is 3. The minimum absolute atomic E-state index is 0.00299. The maximum atomic E-state index is 9.86. The van der Waals surface area contributed by atoms with E-state index in [9.17, 15) is 10.2 Å². The number of anilines is 2. The van der Waals surface area contributed by atoms with E-state index in [1.54, 1.807) is 10.7 Å². The Kier molecular flexibility index (Phi) is 3.26. The minimum atomic E-state index is 0.00299. The van der Waals surface area contributed by atoms with Crippen LogP contribution in [-0.4, -0.2) is 25.0 Å². The molecule has 0 atom stereocenters. The van der Waals surface area contributed by atoms with Crippen molar-refractivity contribution in [3.05, 3.63) is 35.3 Å². The second kappa shape index (κ2) is 5.10. The largest absolute Gasteiger partial charge is 0.508 e. The molecule has 0 bridgehead atoms. The fourth-order valence-corrected chi connectivity index (χ4v) is 2.75. The lowest BCUT2D eigenvalue weighted by Crippen LogP contribution is -1.98. The maximum absolute atomic E-state index is 9.86. The number of aryl methyl sites for hydroxylation is 2. The van der Waals surface area contributed by atoms with Crippen molar-refractivity contribution in [2.75, 3.05) is 5.32 Å². The summed E-state index contributed by atoms with van der Waals surface area (Å²) in [5.41, 5.74) is 2.16. The van der Waals surface area contributed by atoms with Crippen molar-refractivity contribution in [3.8, 4) is 22.8 Å². The van der Waals surface area contributed by atoms with Crippen molar-refractivity contribution in [2.24, 2.45) is 7.05 Å². The second-order valence-electron chi connectivity index (χ2n) is 4.66. The number of thiazole rings is 1. The molecule has 3 rings (SSSR count). The fourth-order valence-electron chi connectivity index (χ4n) is 2.03. The van der Waals surface area contributed by atoms with Crippen LogP contribution in [0.1, 0.15) is 5.69 Å². The van der Waals surface area contributed by atoms with Gasteiger partial charge in [0.2, 0.25) is 0 Å². The van der Waals surface area contributed by atoms with Crippen LogP contribution >= 0.6 is 11.3 Å². The Morgan fingerprint density at radius 1 is 1.24 bits per heavy atom. The minimum Gasteiger partial charge on any atom is -0.508 e. The molecule has 0 saturated heterocycles. The highest BCUT2D eigenvalue weighted by molar-refractivity contribution is 7.14. The molecular formula is C14H14N4O2S. The van der Waals surface area contributed by atoms with Gasteiger partial charge >= 0.3 is 0 Å². The van der Waals surface area contributed by atoms with E-state index in [0.717, 1.165) is 11.5 Å². The van der Waals surface area contributed by atoms with Crippen molar-refractivity contribution >= 4 is 22.3 Å². The zero-order chi connectivity index (χ0) is 15.0. The Labute approximate surface area is 125 Å². The molecule has 21 heavy (non-hydrogen) atoms. The molecule has 3 aromatic rings. The molecule has 0 fully saturated rings. The van der Waals surface area contributed by atoms with Crippen molar-refractivity contribution in [2.45, 2.75) is 6.92 Å². The van der Waals surface area contributed by atoms with Gasteiger partial charge in [-0.1, -0.05) is 0 Å². The first-order chi connectivity index (χ1) is 10.0. The number of aromatic nitrogens is 3. The number of hydrogen-bond donors (Lipinski definition) is 3. The highest BCUT2D eigenvalue weighted by Gasteiger charge is 2.11. The van der Waals surface area contributed by atoms with Crippen LogP contribution in [0.15, 0.2) is 29.6 Å². The Balaban J connectivity index is 1.88. The molecule has 0 amide bonds. The first-order valence-electron chi connectivity index (χ1n) is 6.28. The molecule has 3 N–H and O–H groups in total. The van der Waals surface area contributed by atoms with Crippen LogP contribution in [-0.2, 0) is 7.05 Å². The summed E-state index contributed by atoms with van der Waals surface area (Å²) in [5, 5.41) is 29.2. The van der Waals surface area contributed by atoms with Crippen molar-refractivity contribution in [1.29, 1.82) is 0 Å². The van der Waals surface area contributed by atoms with Crippen molar-refractivity contribution in [3.63, 3.8) is 0 Å². The van der Waals surface area contributed by atoms with Crippen molar-refractivity contribution < 1.29 is 10.2 Å². The van der Waals surface area contributed by atoms with E-state index >= 15 is 0 Å². The van der Waals surface area contributed by atoms with E-state index in [2.05, 4.69) is 15.4 Å². The lowest BCUT2D eigenvalue weighted by molar-refractivity contribution is 0.452. The zero-order valence-corrected chi connectivity index (χ0v) is 12.3. The van der Waals surface area contributed by atoms with Gasteiger partial charge in [0.15, 0.2) is 5.13 Å². The first-order valence-corrected chi connectivity index (χ1v) is 7.16. The summed E-state index contributed by atoms with van der Waals surface area (Å²) in [7, 11) is 1.86. The molecule has 0 spiro atoms. The molecule has 7 heteroatoms. The normalized spacial score (nSPS) is 10.8. The Morgan fingerprint density at radius 2 is 2.05 bits per heavy atom. The number of phenolic OH excluding ortho intramolecular Hbond substituents is 2. The maximum Gasteiger partial charge on any atom is 0.188 e. The number of aromatic hydroxyl groups is 2. The van der Waals surface area contributed by atoms with Gasteiger partial charge in [-0.3, -0.25) is 4.68 Å². The molecular weight excluding hydrogens is 288 g/mol. The number of nitrogens with zero attached hydrogens (tertiary/aromatic N) is 3. The summed E-state index contributed by atoms with van der Waals surface area (Å²) in [4.78, 5) is 4.44. The summed E-state index contributed by atoms with van der Waals surface area (Å²) >= 11 is 1.43. The lowest BCUT2D eigenvalue weighted by atomic mass is 10.1. The summed E-state index contributed by atoms with van der Waals surface area (Å²) in [5.74, 6) is 0.877. The molecule has 1 aromatic carbocycles. The van der Waals surface area contributed by atoms with Gasteiger partial charge in [0.25, 0.3) is 0 Å². The Hall–Kier alpha value is -2.54. The molecule has 0 unspecified atom stereocenters. The Bertz CT molecular complexity index is 794. The van der Waals surface area contributed by atoms with Gasteiger partial charge in [-0.25, -0.2) is 4.98 Å². The lowest BCUT2D eigenvalue weighted by Gasteiger charge is -2.03. The van der Waals surface area contributed by atoms with Crippen LogP contribution in [0.3, 0.4) is 0 Å². The zero-order valence-electron chi connectivity index (χ0n) is 11.5. The van der Waals surface area contributed by atoms with E-state index in [4.69, 9.17) is 0 Å². The molecule has 0 saturated carbocycles. The summed E-state index contributed by atoms with van der Waals surface area (Å²) in [6, 6.07) is 6.38. The van der Waals surface area contributed by atoms with Crippen LogP contribution in [0.25, 0.3) is 11.3 Å². The molecule has 0 aliphatic heterocycles. The summed E-state index contributed by atoms with van der Waals surface area (Å²) in [6.45, 7) is 1.92. The van der Waals surface area contributed by atoms with Gasteiger partial charge in [0.05, 0.1) is 11.4 Å². The number of nitrogens with one attached hydrogen (secondary N) is 1. The molecule has 2 heterocycles. The third kappa shape index (κ3) is 2.68. The van der Waals surface area contributed by atoms with Crippen LogP contribution in [0.5, 0.6) is 11.5 Å². The molecule has 6 nitrogen and oxygen atoms in total. The highest BCUT2D eigenvalue weighted by Crippen LogP contribution is 2.34. The van der Waals surface area contributed by atoms with Gasteiger partial charge in [-0.2, -0.15) is 5.10 Å². The van der Waals surface area contributed by atoms with Crippen LogP contribution in [0, 0.1) is 6.92 Å². The number of hydrogen-bond acceptors (Lipinski definition) is 6. The Morgan fingerprint density at radius 3 is 2.71 bits per heavy atom. The fraction of sp³-hybridized carbons (Fsp3) is 0.143. The van der Waals surface area contributed by atoms with E-state index in [0.29, 0.717) is 16.4 Å². The number of phenols is 2. The van der Waals surface area contributed by atoms with Gasteiger partial charge in [0, 0.05) is 30.1 Å². The van der Waals surface area contributed by atoms with Gasteiger partial charge in [0.1, 0.15) is 17.3 Å². The summed E-state index contributed by atoms with van der Waals surface area (Å²) in [6.07, 6.45) is 0. The number of benzene rings is 1.